The highest BCUT2D eigenvalue weighted by molar-refractivity contribution is 7.17. The molecule has 1 aromatic heterocycles. The predicted molar refractivity (Wildman–Crippen MR) is 105 cm³/mol. The fraction of sp³-hybridized carbons (Fsp3) is 0.105. The number of hydrogen-bond acceptors (Lipinski definition) is 4. The van der Waals surface area contributed by atoms with Gasteiger partial charge in [-0.05, 0) is 37.6 Å². The second-order valence-corrected chi connectivity index (χ2v) is 7.04. The molecule has 0 radical (unpaired) electrons. The molecule has 0 fully saturated rings. The summed E-state index contributed by atoms with van der Waals surface area (Å²) in [7, 11) is 0. The number of rotatable bonds is 4. The van der Waals surface area contributed by atoms with Gasteiger partial charge in [0.2, 0.25) is 0 Å². The number of thiazole rings is 1. The minimum absolute atomic E-state index is 0.257. The molecule has 0 aliphatic heterocycles. The largest absolute Gasteiger partial charge is 0.321 e. The topological polar surface area (TPSA) is 71.1 Å². The second kappa shape index (κ2) is 7.68. The molecular formula is C19H16ClN3O2S. The SMILES string of the molecule is Cc1ccccc1NC(=O)c1sc(NC(=O)c2ccccc2Cl)nc1C. The first kappa shape index (κ1) is 18.1. The smallest absolute Gasteiger partial charge is 0.267 e. The Hall–Kier alpha value is -2.70. The van der Waals surface area contributed by atoms with E-state index in [9.17, 15) is 9.59 Å². The molecule has 1 heterocycles. The van der Waals surface area contributed by atoms with Crippen molar-refractivity contribution in [2.24, 2.45) is 0 Å². The number of nitrogens with one attached hydrogen (secondary N) is 2. The number of carbonyl (C=O) groups is 2. The van der Waals surface area contributed by atoms with E-state index in [-0.39, 0.29) is 11.8 Å². The quantitative estimate of drug-likeness (QED) is 0.669. The fourth-order valence-electron chi connectivity index (χ4n) is 2.36. The van der Waals surface area contributed by atoms with Crippen LogP contribution in [0, 0.1) is 13.8 Å². The molecule has 0 spiro atoms. The number of carbonyl (C=O) groups excluding carboxylic acids is 2. The number of benzene rings is 2. The first-order valence-corrected chi connectivity index (χ1v) is 9.05. The van der Waals surface area contributed by atoms with Crippen molar-refractivity contribution in [1.82, 2.24) is 4.98 Å². The van der Waals surface area contributed by atoms with Gasteiger partial charge in [0.15, 0.2) is 5.13 Å². The summed E-state index contributed by atoms with van der Waals surface area (Å²) in [5.74, 6) is -0.622. The number of anilines is 2. The van der Waals surface area contributed by atoms with Gasteiger partial charge < -0.3 is 5.32 Å². The highest BCUT2D eigenvalue weighted by Crippen LogP contribution is 2.25. The predicted octanol–water partition coefficient (Wildman–Crippen LogP) is 4.92. The molecule has 7 heteroatoms. The molecule has 2 aromatic carbocycles. The van der Waals surface area contributed by atoms with Crippen molar-refractivity contribution in [2.45, 2.75) is 13.8 Å². The van der Waals surface area contributed by atoms with Crippen LogP contribution in [0.3, 0.4) is 0 Å². The maximum Gasteiger partial charge on any atom is 0.267 e. The molecule has 0 bridgehead atoms. The number of amides is 2. The van der Waals surface area contributed by atoms with Crippen LogP contribution >= 0.6 is 22.9 Å². The van der Waals surface area contributed by atoms with Crippen LogP contribution in [0.5, 0.6) is 0 Å². The van der Waals surface area contributed by atoms with Crippen molar-refractivity contribution >= 4 is 45.6 Å². The zero-order chi connectivity index (χ0) is 18.7. The van der Waals surface area contributed by atoms with Gasteiger partial charge in [0.1, 0.15) is 4.88 Å². The van der Waals surface area contributed by atoms with Crippen molar-refractivity contribution < 1.29 is 9.59 Å². The summed E-state index contributed by atoms with van der Waals surface area (Å²) in [6.07, 6.45) is 0. The number of aryl methyl sites for hydroxylation is 2. The molecular weight excluding hydrogens is 370 g/mol. The number of hydrogen-bond donors (Lipinski definition) is 2. The summed E-state index contributed by atoms with van der Waals surface area (Å²) < 4.78 is 0. The van der Waals surface area contributed by atoms with Crippen LogP contribution in [0.1, 0.15) is 31.3 Å². The van der Waals surface area contributed by atoms with Crippen molar-refractivity contribution in [3.63, 3.8) is 0 Å². The molecule has 0 unspecified atom stereocenters. The Bertz CT molecular complexity index is 984. The van der Waals surface area contributed by atoms with Gasteiger partial charge in [-0.25, -0.2) is 4.98 Å². The average molecular weight is 386 g/mol. The molecule has 3 rings (SSSR count). The van der Waals surface area contributed by atoms with Crippen LogP contribution in [-0.2, 0) is 0 Å². The van der Waals surface area contributed by atoms with Crippen LogP contribution < -0.4 is 10.6 Å². The van der Waals surface area contributed by atoms with E-state index in [1.807, 2.05) is 31.2 Å². The van der Waals surface area contributed by atoms with Gasteiger partial charge in [-0.15, -0.1) is 0 Å². The number of para-hydroxylation sites is 1. The molecule has 2 amide bonds. The van der Waals surface area contributed by atoms with Gasteiger partial charge in [-0.3, -0.25) is 14.9 Å². The lowest BCUT2D eigenvalue weighted by Crippen LogP contribution is -2.12. The monoisotopic (exact) mass is 385 g/mol. The molecule has 3 aromatic rings. The summed E-state index contributed by atoms with van der Waals surface area (Å²) in [6, 6.07) is 14.3. The minimum atomic E-state index is -0.366. The molecule has 0 saturated heterocycles. The van der Waals surface area contributed by atoms with Gasteiger partial charge in [-0.1, -0.05) is 53.3 Å². The second-order valence-electron chi connectivity index (χ2n) is 5.64. The third-order valence-corrected chi connectivity index (χ3v) is 5.14. The zero-order valence-corrected chi connectivity index (χ0v) is 15.7. The molecule has 0 aliphatic carbocycles. The van der Waals surface area contributed by atoms with E-state index < -0.39 is 0 Å². The van der Waals surface area contributed by atoms with Crippen LogP contribution in [0.25, 0.3) is 0 Å². The Morgan fingerprint density at radius 3 is 2.38 bits per heavy atom. The van der Waals surface area contributed by atoms with E-state index in [1.54, 1.807) is 31.2 Å². The van der Waals surface area contributed by atoms with E-state index in [0.717, 1.165) is 22.6 Å². The fourth-order valence-corrected chi connectivity index (χ4v) is 3.44. The maximum atomic E-state index is 12.5. The van der Waals surface area contributed by atoms with Gasteiger partial charge in [0.05, 0.1) is 16.3 Å². The molecule has 132 valence electrons. The van der Waals surface area contributed by atoms with Crippen LogP contribution in [0.15, 0.2) is 48.5 Å². The number of nitrogens with zero attached hydrogens (tertiary/aromatic N) is 1. The van der Waals surface area contributed by atoms with E-state index in [2.05, 4.69) is 15.6 Å². The summed E-state index contributed by atoms with van der Waals surface area (Å²) in [6.45, 7) is 3.65. The lowest BCUT2D eigenvalue weighted by molar-refractivity contribution is 0.102. The van der Waals surface area contributed by atoms with Gasteiger partial charge in [-0.2, -0.15) is 0 Å². The van der Waals surface area contributed by atoms with Crippen molar-refractivity contribution in [3.05, 3.63) is 75.3 Å². The first-order valence-electron chi connectivity index (χ1n) is 7.86. The Morgan fingerprint density at radius 2 is 1.65 bits per heavy atom. The number of halogens is 1. The molecule has 5 nitrogen and oxygen atoms in total. The van der Waals surface area contributed by atoms with Crippen molar-refractivity contribution in [3.8, 4) is 0 Å². The third kappa shape index (κ3) is 3.92. The molecule has 26 heavy (non-hydrogen) atoms. The van der Waals surface area contributed by atoms with Crippen molar-refractivity contribution in [1.29, 1.82) is 0 Å². The van der Waals surface area contributed by atoms with E-state index in [4.69, 9.17) is 11.6 Å². The van der Waals surface area contributed by atoms with E-state index >= 15 is 0 Å². The lowest BCUT2D eigenvalue weighted by atomic mass is 10.2. The lowest BCUT2D eigenvalue weighted by Gasteiger charge is -2.06. The van der Waals surface area contributed by atoms with Crippen LogP contribution in [0.2, 0.25) is 5.02 Å². The van der Waals surface area contributed by atoms with Gasteiger partial charge >= 0.3 is 0 Å². The highest BCUT2D eigenvalue weighted by atomic mass is 35.5. The molecule has 0 saturated carbocycles. The summed E-state index contributed by atoms with van der Waals surface area (Å²) in [5, 5.41) is 6.27. The highest BCUT2D eigenvalue weighted by Gasteiger charge is 2.18. The molecule has 0 atom stereocenters. The van der Waals surface area contributed by atoms with Gasteiger partial charge in [0, 0.05) is 5.69 Å². The first-order chi connectivity index (χ1) is 12.5. The van der Waals surface area contributed by atoms with Gasteiger partial charge in [0.25, 0.3) is 11.8 Å². The van der Waals surface area contributed by atoms with Crippen molar-refractivity contribution in [2.75, 3.05) is 10.6 Å². The Morgan fingerprint density at radius 1 is 0.962 bits per heavy atom. The standard InChI is InChI=1S/C19H16ClN3O2S/c1-11-7-3-6-10-15(11)22-18(25)16-12(2)21-19(26-16)23-17(24)13-8-4-5-9-14(13)20/h3-10H,1-2H3,(H,22,25)(H,21,23,24). The summed E-state index contributed by atoms with van der Waals surface area (Å²) in [5.41, 5.74) is 2.62. The normalized spacial score (nSPS) is 10.4. The zero-order valence-electron chi connectivity index (χ0n) is 14.2. The van der Waals surface area contributed by atoms with Crippen LogP contribution in [0.4, 0.5) is 10.8 Å². The van der Waals surface area contributed by atoms with E-state index in [1.165, 1.54) is 0 Å². The summed E-state index contributed by atoms with van der Waals surface area (Å²) >= 11 is 7.16. The maximum absolute atomic E-state index is 12.5. The molecule has 2 N–H and O–H groups in total. The summed E-state index contributed by atoms with van der Waals surface area (Å²) in [4.78, 5) is 29.6. The minimum Gasteiger partial charge on any atom is -0.321 e. The van der Waals surface area contributed by atoms with Crippen LogP contribution in [-0.4, -0.2) is 16.8 Å². The Kier molecular flexibility index (Phi) is 5.35. The molecule has 0 aliphatic rings. The number of aromatic nitrogens is 1. The third-order valence-electron chi connectivity index (χ3n) is 3.74. The van der Waals surface area contributed by atoms with E-state index in [0.29, 0.717) is 26.3 Å². The Balaban J connectivity index is 1.77. The Labute approximate surface area is 160 Å². The average Bonchev–Trinajstić information content (AvgIpc) is 2.97.